The summed E-state index contributed by atoms with van der Waals surface area (Å²) < 4.78 is 6.79. The molecule has 1 aliphatic rings. The van der Waals surface area contributed by atoms with Crippen molar-refractivity contribution in [3.63, 3.8) is 0 Å². The molecule has 0 spiro atoms. The summed E-state index contributed by atoms with van der Waals surface area (Å²) >= 11 is 0. The summed E-state index contributed by atoms with van der Waals surface area (Å²) in [5.74, 6) is 0.857. The Kier molecular flexibility index (Phi) is 3.89. The molecule has 1 aromatic heterocycles. The lowest BCUT2D eigenvalue weighted by Gasteiger charge is -2.30. The predicted octanol–water partition coefficient (Wildman–Crippen LogP) is 1.74. The maximum absolute atomic E-state index is 12.5. The molecule has 3 aromatic rings. The number of tetrazole rings is 1. The fourth-order valence-corrected chi connectivity index (χ4v) is 3.14. The Bertz CT molecular complexity index is 908. The number of hydrogen-bond acceptors (Lipinski definition) is 5. The van der Waals surface area contributed by atoms with Gasteiger partial charge >= 0.3 is 0 Å². The Labute approximate surface area is 144 Å². The number of methoxy groups -OCH3 is 1. The molecule has 0 aliphatic heterocycles. The number of nitrogens with one attached hydrogen (secondary N) is 1. The highest BCUT2D eigenvalue weighted by Gasteiger charge is 2.25. The molecule has 1 heterocycles. The first-order chi connectivity index (χ1) is 12.3. The minimum absolute atomic E-state index is 0.124. The number of hydrogen-bond donors (Lipinski definition) is 1. The Hall–Kier alpha value is -3.22. The van der Waals surface area contributed by atoms with Gasteiger partial charge in [-0.1, -0.05) is 24.3 Å². The smallest absolute Gasteiger partial charge is 0.251 e. The third-order valence-electron chi connectivity index (χ3n) is 4.51. The summed E-state index contributed by atoms with van der Waals surface area (Å²) in [6, 6.07) is 13.5. The van der Waals surface area contributed by atoms with Crippen molar-refractivity contribution in [1.82, 2.24) is 25.5 Å². The normalized spacial score (nSPS) is 15.2. The van der Waals surface area contributed by atoms with Crippen LogP contribution in [0.5, 0.6) is 5.75 Å². The third-order valence-corrected chi connectivity index (χ3v) is 4.51. The maximum atomic E-state index is 12.5. The highest BCUT2D eigenvalue weighted by Crippen LogP contribution is 2.34. The standard InChI is InChI=1S/C18H17N5O2/c1-25-17-7-6-13(9-16(17)23-11-20-21-22-23)18(24)19-10-14-8-12-4-2-3-5-15(12)14/h2-7,9,11,14H,8,10H2,1H3,(H,19,24)/t14-/m0/s1. The van der Waals surface area contributed by atoms with Gasteiger partial charge in [-0.15, -0.1) is 5.10 Å². The fourth-order valence-electron chi connectivity index (χ4n) is 3.14. The van der Waals surface area contributed by atoms with E-state index in [1.165, 1.54) is 22.1 Å². The maximum Gasteiger partial charge on any atom is 0.251 e. The van der Waals surface area contributed by atoms with Gasteiger partial charge in [0.1, 0.15) is 17.8 Å². The molecule has 0 saturated heterocycles. The first kappa shape index (κ1) is 15.3. The SMILES string of the molecule is COc1ccc(C(=O)NC[C@@H]2Cc3ccccc32)cc1-n1cnnn1. The van der Waals surface area contributed by atoms with Gasteiger partial charge in [0.2, 0.25) is 0 Å². The number of amides is 1. The van der Waals surface area contributed by atoms with Crippen molar-refractivity contribution >= 4 is 5.91 Å². The quantitative estimate of drug-likeness (QED) is 0.768. The van der Waals surface area contributed by atoms with E-state index in [9.17, 15) is 4.79 Å². The molecule has 1 amide bonds. The minimum Gasteiger partial charge on any atom is -0.494 e. The Balaban J connectivity index is 1.48. The van der Waals surface area contributed by atoms with E-state index in [1.54, 1.807) is 25.3 Å². The van der Waals surface area contributed by atoms with E-state index in [-0.39, 0.29) is 5.91 Å². The van der Waals surface area contributed by atoms with Crippen molar-refractivity contribution in [3.05, 3.63) is 65.5 Å². The monoisotopic (exact) mass is 335 g/mol. The van der Waals surface area contributed by atoms with Gasteiger partial charge in [0.15, 0.2) is 0 Å². The molecular weight excluding hydrogens is 318 g/mol. The van der Waals surface area contributed by atoms with Crippen molar-refractivity contribution in [3.8, 4) is 11.4 Å². The van der Waals surface area contributed by atoms with E-state index in [0.29, 0.717) is 29.5 Å². The van der Waals surface area contributed by atoms with Crippen LogP contribution < -0.4 is 10.1 Å². The summed E-state index contributed by atoms with van der Waals surface area (Å²) in [7, 11) is 1.57. The van der Waals surface area contributed by atoms with Crippen LogP contribution in [0.25, 0.3) is 5.69 Å². The van der Waals surface area contributed by atoms with Crippen molar-refractivity contribution < 1.29 is 9.53 Å². The number of carbonyl (C=O) groups excluding carboxylic acids is 1. The second kappa shape index (κ2) is 6.35. The Morgan fingerprint density at radius 3 is 2.96 bits per heavy atom. The first-order valence-electron chi connectivity index (χ1n) is 8.03. The number of benzene rings is 2. The van der Waals surface area contributed by atoms with Crippen molar-refractivity contribution in [2.75, 3.05) is 13.7 Å². The van der Waals surface area contributed by atoms with Crippen LogP contribution >= 0.6 is 0 Å². The van der Waals surface area contributed by atoms with E-state index in [4.69, 9.17) is 4.74 Å². The van der Waals surface area contributed by atoms with Crippen LogP contribution in [0.15, 0.2) is 48.8 Å². The highest BCUT2D eigenvalue weighted by atomic mass is 16.5. The summed E-state index contributed by atoms with van der Waals surface area (Å²) in [4.78, 5) is 12.5. The lowest BCUT2D eigenvalue weighted by molar-refractivity contribution is 0.0950. The van der Waals surface area contributed by atoms with Crippen LogP contribution in [-0.2, 0) is 6.42 Å². The summed E-state index contributed by atoms with van der Waals surface area (Å²) in [5.41, 5.74) is 3.85. The van der Waals surface area contributed by atoms with Crippen LogP contribution in [0.3, 0.4) is 0 Å². The van der Waals surface area contributed by atoms with Crippen LogP contribution in [0.1, 0.15) is 27.4 Å². The van der Waals surface area contributed by atoms with E-state index in [1.807, 2.05) is 12.1 Å². The average molecular weight is 335 g/mol. The fraction of sp³-hybridized carbons (Fsp3) is 0.222. The van der Waals surface area contributed by atoms with Gasteiger partial charge in [-0.2, -0.15) is 4.68 Å². The molecule has 0 radical (unpaired) electrons. The summed E-state index contributed by atoms with van der Waals surface area (Å²) in [6.45, 7) is 0.627. The van der Waals surface area contributed by atoms with Crippen molar-refractivity contribution in [1.29, 1.82) is 0 Å². The van der Waals surface area contributed by atoms with Crippen LogP contribution in [0.2, 0.25) is 0 Å². The molecule has 126 valence electrons. The molecule has 1 aliphatic carbocycles. The number of ether oxygens (including phenoxy) is 1. The minimum atomic E-state index is -0.124. The van der Waals surface area contributed by atoms with E-state index in [0.717, 1.165) is 6.42 Å². The molecule has 1 atom stereocenters. The van der Waals surface area contributed by atoms with Crippen molar-refractivity contribution in [2.45, 2.75) is 12.3 Å². The molecule has 7 heteroatoms. The van der Waals surface area contributed by atoms with Gasteiger partial charge in [0.25, 0.3) is 5.91 Å². The Morgan fingerprint density at radius 1 is 1.32 bits per heavy atom. The summed E-state index contributed by atoms with van der Waals surface area (Å²) in [5, 5.41) is 14.1. The molecular formula is C18H17N5O2. The lowest BCUT2D eigenvalue weighted by atomic mass is 9.77. The van der Waals surface area contributed by atoms with Gasteiger partial charge in [-0.3, -0.25) is 4.79 Å². The molecule has 1 N–H and O–H groups in total. The van der Waals surface area contributed by atoms with Crippen LogP contribution in [0, 0.1) is 0 Å². The largest absolute Gasteiger partial charge is 0.494 e. The topological polar surface area (TPSA) is 81.9 Å². The van der Waals surface area contributed by atoms with E-state index in [2.05, 4.69) is 33.0 Å². The van der Waals surface area contributed by atoms with Gasteiger partial charge in [-0.25, -0.2) is 0 Å². The van der Waals surface area contributed by atoms with Crippen LogP contribution in [-0.4, -0.2) is 39.8 Å². The molecule has 0 saturated carbocycles. The van der Waals surface area contributed by atoms with E-state index >= 15 is 0 Å². The molecule has 25 heavy (non-hydrogen) atoms. The molecule has 7 nitrogen and oxygen atoms in total. The molecule has 0 fully saturated rings. The van der Waals surface area contributed by atoms with Gasteiger partial charge < -0.3 is 10.1 Å². The zero-order chi connectivity index (χ0) is 17.2. The zero-order valence-electron chi connectivity index (χ0n) is 13.7. The second-order valence-electron chi connectivity index (χ2n) is 5.95. The number of aromatic nitrogens is 4. The second-order valence-corrected chi connectivity index (χ2v) is 5.95. The zero-order valence-corrected chi connectivity index (χ0v) is 13.7. The Morgan fingerprint density at radius 2 is 2.20 bits per heavy atom. The number of rotatable bonds is 5. The molecule has 0 bridgehead atoms. The van der Waals surface area contributed by atoms with E-state index < -0.39 is 0 Å². The molecule has 2 aromatic carbocycles. The summed E-state index contributed by atoms with van der Waals surface area (Å²) in [6.07, 6.45) is 2.47. The van der Waals surface area contributed by atoms with Gasteiger partial charge in [0, 0.05) is 18.0 Å². The molecule has 0 unspecified atom stereocenters. The average Bonchev–Trinajstić information content (AvgIpc) is 3.16. The highest BCUT2D eigenvalue weighted by molar-refractivity contribution is 5.95. The first-order valence-corrected chi connectivity index (χ1v) is 8.03. The molecule has 4 rings (SSSR count). The third kappa shape index (κ3) is 2.84. The predicted molar refractivity (Wildman–Crippen MR) is 90.9 cm³/mol. The number of fused-ring (bicyclic) bond motifs is 1. The van der Waals surface area contributed by atoms with Gasteiger partial charge in [-0.05, 0) is 46.2 Å². The van der Waals surface area contributed by atoms with Crippen molar-refractivity contribution in [2.24, 2.45) is 0 Å². The number of carbonyl (C=O) groups is 1. The lowest BCUT2D eigenvalue weighted by Crippen LogP contribution is -2.33. The van der Waals surface area contributed by atoms with Gasteiger partial charge in [0.05, 0.1) is 7.11 Å². The number of nitrogens with zero attached hydrogens (tertiary/aromatic N) is 4. The van der Waals surface area contributed by atoms with Crippen LogP contribution in [0.4, 0.5) is 0 Å².